The van der Waals surface area contributed by atoms with Crippen LogP contribution in [-0.4, -0.2) is 16.7 Å². The normalized spacial score (nSPS) is 19.2. The van der Waals surface area contributed by atoms with Crippen LogP contribution in [0.2, 0.25) is 0 Å². The largest absolute Gasteiger partial charge is 0.308 e. The molecule has 0 saturated carbocycles. The van der Waals surface area contributed by atoms with E-state index in [1.54, 1.807) is 11.3 Å². The highest BCUT2D eigenvalue weighted by atomic mass is 32.1. The minimum atomic E-state index is 0.347. The van der Waals surface area contributed by atoms with E-state index in [2.05, 4.69) is 53.6 Å². The van der Waals surface area contributed by atoms with Gasteiger partial charge in [0.15, 0.2) is 0 Å². The molecular weight excluding hydrogens is 278 g/mol. The van der Waals surface area contributed by atoms with Gasteiger partial charge in [-0.05, 0) is 43.4 Å². The maximum Gasteiger partial charge on any atom is 0.134 e. The predicted molar refractivity (Wildman–Crippen MR) is 87.8 cm³/mol. The van der Waals surface area contributed by atoms with E-state index < -0.39 is 0 Å². The van der Waals surface area contributed by atoms with Crippen molar-refractivity contribution in [3.8, 4) is 0 Å². The van der Waals surface area contributed by atoms with E-state index in [1.165, 1.54) is 35.4 Å². The summed E-state index contributed by atoms with van der Waals surface area (Å²) >= 11 is 1.79. The van der Waals surface area contributed by atoms with Gasteiger partial charge in [0.05, 0.1) is 6.04 Å². The smallest absolute Gasteiger partial charge is 0.134 e. The Hall–Kier alpha value is -1.26. The third-order valence-electron chi connectivity index (χ3n) is 4.28. The van der Waals surface area contributed by atoms with E-state index in [1.807, 2.05) is 0 Å². The molecule has 4 heteroatoms. The van der Waals surface area contributed by atoms with E-state index in [0.29, 0.717) is 12.0 Å². The molecule has 21 heavy (non-hydrogen) atoms. The Morgan fingerprint density at radius 2 is 2.14 bits per heavy atom. The van der Waals surface area contributed by atoms with Crippen LogP contribution in [0.15, 0.2) is 24.3 Å². The average molecular weight is 301 g/mol. The zero-order valence-corrected chi connectivity index (χ0v) is 13.6. The van der Waals surface area contributed by atoms with Gasteiger partial charge in [0, 0.05) is 5.92 Å². The average Bonchev–Trinajstić information content (AvgIpc) is 3.01. The Kier molecular flexibility index (Phi) is 4.66. The first-order valence-corrected chi connectivity index (χ1v) is 8.79. The molecule has 2 unspecified atom stereocenters. The number of benzene rings is 1. The van der Waals surface area contributed by atoms with Crippen molar-refractivity contribution < 1.29 is 0 Å². The number of aromatic nitrogens is 2. The third-order valence-corrected chi connectivity index (χ3v) is 5.43. The number of fused-ring (bicyclic) bond motifs is 1. The summed E-state index contributed by atoms with van der Waals surface area (Å²) in [7, 11) is 0. The minimum Gasteiger partial charge on any atom is -0.308 e. The second kappa shape index (κ2) is 6.67. The number of nitrogens with one attached hydrogen (secondary N) is 1. The Balaban J connectivity index is 1.87. The molecule has 1 aliphatic carbocycles. The quantitative estimate of drug-likeness (QED) is 0.904. The summed E-state index contributed by atoms with van der Waals surface area (Å²) in [5.41, 5.74) is 2.95. The van der Waals surface area contributed by atoms with Crippen molar-refractivity contribution in [3.05, 3.63) is 45.4 Å². The van der Waals surface area contributed by atoms with Crippen LogP contribution in [0.25, 0.3) is 0 Å². The zero-order valence-electron chi connectivity index (χ0n) is 12.8. The number of hydrogen-bond acceptors (Lipinski definition) is 4. The molecule has 0 amide bonds. The first-order valence-electron chi connectivity index (χ1n) is 7.98. The Bertz CT molecular complexity index is 593. The molecule has 0 radical (unpaired) electrons. The third kappa shape index (κ3) is 3.01. The standard InChI is InChI=1S/C17H23N3S/c1-3-15(18-4-2)17-20-19-16(21-17)14-11-7-9-12-8-5-6-10-13(12)14/h5-6,8,10,14-15,18H,3-4,7,9,11H2,1-2H3. The van der Waals surface area contributed by atoms with Crippen molar-refractivity contribution in [1.29, 1.82) is 0 Å². The molecule has 3 rings (SSSR count). The first kappa shape index (κ1) is 14.7. The minimum absolute atomic E-state index is 0.347. The van der Waals surface area contributed by atoms with Crippen LogP contribution < -0.4 is 5.32 Å². The molecule has 2 aromatic rings. The molecule has 1 N–H and O–H groups in total. The van der Waals surface area contributed by atoms with Crippen molar-refractivity contribution in [1.82, 2.24) is 15.5 Å². The highest BCUT2D eigenvalue weighted by Crippen LogP contribution is 2.38. The number of hydrogen-bond donors (Lipinski definition) is 1. The first-order chi connectivity index (χ1) is 10.3. The molecule has 1 heterocycles. The Morgan fingerprint density at radius 1 is 1.29 bits per heavy atom. The summed E-state index contributed by atoms with van der Waals surface area (Å²) in [4.78, 5) is 0. The fourth-order valence-corrected chi connectivity index (χ4v) is 4.35. The highest BCUT2D eigenvalue weighted by molar-refractivity contribution is 7.11. The highest BCUT2D eigenvalue weighted by Gasteiger charge is 2.25. The van der Waals surface area contributed by atoms with Crippen LogP contribution in [0.1, 0.15) is 66.2 Å². The van der Waals surface area contributed by atoms with Gasteiger partial charge in [-0.25, -0.2) is 0 Å². The molecular formula is C17H23N3S. The molecule has 0 aliphatic heterocycles. The summed E-state index contributed by atoms with van der Waals surface area (Å²) in [6, 6.07) is 9.16. The van der Waals surface area contributed by atoms with Gasteiger partial charge >= 0.3 is 0 Å². The van der Waals surface area contributed by atoms with Crippen LogP contribution in [0, 0.1) is 0 Å². The van der Waals surface area contributed by atoms with Crippen LogP contribution in [0.5, 0.6) is 0 Å². The monoisotopic (exact) mass is 301 g/mol. The molecule has 1 aliphatic rings. The molecule has 0 spiro atoms. The Morgan fingerprint density at radius 3 is 2.95 bits per heavy atom. The molecule has 3 nitrogen and oxygen atoms in total. The van der Waals surface area contributed by atoms with Crippen molar-refractivity contribution >= 4 is 11.3 Å². The van der Waals surface area contributed by atoms with Crippen LogP contribution in [0.3, 0.4) is 0 Å². The van der Waals surface area contributed by atoms with Gasteiger partial charge in [0.1, 0.15) is 10.0 Å². The second-order valence-corrected chi connectivity index (χ2v) is 6.68. The van der Waals surface area contributed by atoms with Gasteiger partial charge in [-0.1, -0.05) is 49.4 Å². The summed E-state index contributed by atoms with van der Waals surface area (Å²) in [5.74, 6) is 0.445. The van der Waals surface area contributed by atoms with E-state index in [-0.39, 0.29) is 0 Å². The van der Waals surface area contributed by atoms with Crippen LogP contribution in [0.4, 0.5) is 0 Å². The van der Waals surface area contributed by atoms with Crippen molar-refractivity contribution in [2.24, 2.45) is 0 Å². The van der Waals surface area contributed by atoms with Gasteiger partial charge in [-0.2, -0.15) is 0 Å². The van der Waals surface area contributed by atoms with Crippen molar-refractivity contribution in [2.75, 3.05) is 6.54 Å². The summed E-state index contributed by atoms with van der Waals surface area (Å²) in [6.45, 7) is 5.31. The lowest BCUT2D eigenvalue weighted by atomic mass is 9.83. The van der Waals surface area contributed by atoms with Crippen LogP contribution >= 0.6 is 11.3 Å². The lowest BCUT2D eigenvalue weighted by Gasteiger charge is -2.23. The van der Waals surface area contributed by atoms with Gasteiger partial charge in [-0.3, -0.25) is 0 Å². The fourth-order valence-electron chi connectivity index (χ4n) is 3.19. The SMILES string of the molecule is CCNC(CC)c1nnc(C2CCCc3ccccc32)s1. The molecule has 0 fully saturated rings. The van der Waals surface area contributed by atoms with Gasteiger partial charge in [0.25, 0.3) is 0 Å². The fraction of sp³-hybridized carbons (Fsp3) is 0.529. The topological polar surface area (TPSA) is 37.8 Å². The van der Waals surface area contributed by atoms with Crippen molar-refractivity contribution in [3.63, 3.8) is 0 Å². The number of rotatable bonds is 5. The summed E-state index contributed by atoms with van der Waals surface area (Å²) in [6.07, 6.45) is 4.71. The van der Waals surface area contributed by atoms with E-state index in [0.717, 1.165) is 18.0 Å². The molecule has 1 aromatic carbocycles. The number of nitrogens with zero attached hydrogens (tertiary/aromatic N) is 2. The summed E-state index contributed by atoms with van der Waals surface area (Å²) < 4.78 is 0. The zero-order chi connectivity index (χ0) is 14.7. The maximum absolute atomic E-state index is 4.52. The lowest BCUT2D eigenvalue weighted by molar-refractivity contribution is 0.530. The van der Waals surface area contributed by atoms with Gasteiger partial charge in [-0.15, -0.1) is 10.2 Å². The van der Waals surface area contributed by atoms with E-state index >= 15 is 0 Å². The van der Waals surface area contributed by atoms with E-state index in [4.69, 9.17) is 0 Å². The van der Waals surface area contributed by atoms with E-state index in [9.17, 15) is 0 Å². The molecule has 1 aromatic heterocycles. The number of aryl methyl sites for hydroxylation is 1. The van der Waals surface area contributed by atoms with Gasteiger partial charge < -0.3 is 5.32 Å². The predicted octanol–water partition coefficient (Wildman–Crippen LogP) is 4.07. The van der Waals surface area contributed by atoms with Crippen molar-refractivity contribution in [2.45, 2.75) is 51.5 Å². The molecule has 0 saturated heterocycles. The van der Waals surface area contributed by atoms with Crippen LogP contribution in [-0.2, 0) is 6.42 Å². The second-order valence-electron chi connectivity index (χ2n) is 5.64. The maximum atomic E-state index is 4.52. The molecule has 2 atom stereocenters. The van der Waals surface area contributed by atoms with Gasteiger partial charge in [0.2, 0.25) is 0 Å². The summed E-state index contributed by atoms with van der Waals surface area (Å²) in [5, 5.41) is 14.8. The molecule has 112 valence electrons. The lowest BCUT2D eigenvalue weighted by Crippen LogP contribution is -2.19. The Labute approximate surface area is 130 Å². The molecule has 0 bridgehead atoms.